The third-order valence-electron chi connectivity index (χ3n) is 6.12. The van der Waals surface area contributed by atoms with Crippen LogP contribution in [0, 0.1) is 13.8 Å². The third kappa shape index (κ3) is 5.05. The van der Waals surface area contributed by atoms with Crippen LogP contribution in [0.15, 0.2) is 52.5 Å². The van der Waals surface area contributed by atoms with Gasteiger partial charge in [0.15, 0.2) is 5.16 Å². The van der Waals surface area contributed by atoms with Crippen molar-refractivity contribution in [2.45, 2.75) is 36.7 Å². The van der Waals surface area contributed by atoms with E-state index in [1.807, 2.05) is 50.4 Å². The van der Waals surface area contributed by atoms with Gasteiger partial charge in [0.05, 0.1) is 4.90 Å². The van der Waals surface area contributed by atoms with Gasteiger partial charge in [-0.3, -0.25) is 4.79 Å². The summed E-state index contributed by atoms with van der Waals surface area (Å²) in [5.41, 5.74) is 2.83. The number of aryl methyl sites for hydroxylation is 2. The summed E-state index contributed by atoms with van der Waals surface area (Å²) in [7, 11) is -3.60. The summed E-state index contributed by atoms with van der Waals surface area (Å²) in [5, 5.41) is 2.64. The lowest BCUT2D eigenvalue weighted by Crippen LogP contribution is -2.50. The molecule has 1 aromatic heterocycles. The number of amides is 1. The fraction of sp³-hybridized carbons (Fsp3) is 0.375. The molecule has 0 N–H and O–H groups in total. The van der Waals surface area contributed by atoms with Crippen molar-refractivity contribution in [1.29, 1.82) is 0 Å². The van der Waals surface area contributed by atoms with Gasteiger partial charge in [0, 0.05) is 44.0 Å². The van der Waals surface area contributed by atoms with Gasteiger partial charge in [-0.2, -0.15) is 4.31 Å². The Bertz CT molecular complexity index is 1260. The van der Waals surface area contributed by atoms with E-state index in [2.05, 4.69) is 9.97 Å². The summed E-state index contributed by atoms with van der Waals surface area (Å²) >= 11 is 1.50. The van der Waals surface area contributed by atoms with Gasteiger partial charge in [0.1, 0.15) is 0 Å². The van der Waals surface area contributed by atoms with Gasteiger partial charge in [-0.25, -0.2) is 18.4 Å². The summed E-state index contributed by atoms with van der Waals surface area (Å²) in [4.78, 5) is 23.8. The highest BCUT2D eigenvalue weighted by Crippen LogP contribution is 2.23. The van der Waals surface area contributed by atoms with Crippen molar-refractivity contribution < 1.29 is 13.2 Å². The lowest BCUT2D eigenvalue weighted by atomic mass is 10.1. The van der Waals surface area contributed by atoms with E-state index in [-0.39, 0.29) is 5.91 Å². The van der Waals surface area contributed by atoms with Gasteiger partial charge in [0.2, 0.25) is 15.9 Å². The highest BCUT2D eigenvalue weighted by molar-refractivity contribution is 7.98. The summed E-state index contributed by atoms with van der Waals surface area (Å²) in [5.74, 6) is 0.0329. The fourth-order valence-electron chi connectivity index (χ4n) is 4.21. The van der Waals surface area contributed by atoms with Crippen LogP contribution in [0.5, 0.6) is 0 Å². The molecule has 2 heterocycles. The van der Waals surface area contributed by atoms with Gasteiger partial charge in [-0.05, 0) is 55.0 Å². The van der Waals surface area contributed by atoms with E-state index in [9.17, 15) is 13.2 Å². The Hall–Kier alpha value is -2.49. The average molecular weight is 485 g/mol. The SMILES string of the molecule is CSc1nc(C)c(CCC(=O)N2CCN(S(=O)(=O)c3ccc4ccccc4c3)CC2)c(C)n1. The van der Waals surface area contributed by atoms with Crippen molar-refractivity contribution in [3.05, 3.63) is 59.4 Å². The number of aromatic nitrogens is 2. The summed E-state index contributed by atoms with van der Waals surface area (Å²) < 4.78 is 27.8. The summed E-state index contributed by atoms with van der Waals surface area (Å²) in [6, 6.07) is 12.9. The Morgan fingerprint density at radius 2 is 1.61 bits per heavy atom. The van der Waals surface area contributed by atoms with Crippen molar-refractivity contribution >= 4 is 38.5 Å². The lowest BCUT2D eigenvalue weighted by molar-refractivity contribution is -0.132. The number of sulfonamides is 1. The molecule has 1 amide bonds. The van der Waals surface area contributed by atoms with Crippen LogP contribution in [-0.2, 0) is 21.2 Å². The standard InChI is InChI=1S/C24H28N4O3S2/c1-17-22(18(2)26-24(25-17)32-3)10-11-23(29)27-12-14-28(15-13-27)33(30,31)21-9-8-19-6-4-5-7-20(19)16-21/h4-9,16H,10-15H2,1-3H3. The molecule has 4 rings (SSSR count). The molecule has 0 atom stereocenters. The van der Waals surface area contributed by atoms with Crippen LogP contribution in [-0.4, -0.2) is 65.9 Å². The zero-order chi connectivity index (χ0) is 23.6. The minimum Gasteiger partial charge on any atom is -0.340 e. The van der Waals surface area contributed by atoms with Gasteiger partial charge in [-0.1, -0.05) is 42.1 Å². The first-order valence-electron chi connectivity index (χ1n) is 10.9. The van der Waals surface area contributed by atoms with Crippen molar-refractivity contribution in [3.63, 3.8) is 0 Å². The van der Waals surface area contributed by atoms with Crippen LogP contribution in [0.4, 0.5) is 0 Å². The highest BCUT2D eigenvalue weighted by Gasteiger charge is 2.30. The molecule has 1 fully saturated rings. The van der Waals surface area contributed by atoms with Crippen LogP contribution >= 0.6 is 11.8 Å². The van der Waals surface area contributed by atoms with Crippen LogP contribution in [0.2, 0.25) is 0 Å². The fourth-order valence-corrected chi connectivity index (χ4v) is 6.12. The van der Waals surface area contributed by atoms with E-state index < -0.39 is 10.0 Å². The average Bonchev–Trinajstić information content (AvgIpc) is 2.83. The zero-order valence-electron chi connectivity index (χ0n) is 19.1. The number of carbonyl (C=O) groups excluding carboxylic acids is 1. The number of fused-ring (bicyclic) bond motifs is 1. The largest absolute Gasteiger partial charge is 0.340 e. The van der Waals surface area contributed by atoms with Crippen molar-refractivity contribution in [2.24, 2.45) is 0 Å². The minimum atomic E-state index is -3.60. The van der Waals surface area contributed by atoms with E-state index in [4.69, 9.17) is 0 Å². The maximum atomic E-state index is 13.2. The molecule has 0 radical (unpaired) electrons. The molecule has 0 spiro atoms. The maximum Gasteiger partial charge on any atom is 0.243 e. The first kappa shape index (κ1) is 23.7. The first-order chi connectivity index (χ1) is 15.8. The first-order valence-corrected chi connectivity index (χ1v) is 13.6. The topological polar surface area (TPSA) is 83.5 Å². The molecule has 7 nitrogen and oxygen atoms in total. The minimum absolute atomic E-state index is 0.0329. The monoisotopic (exact) mass is 484 g/mol. The van der Waals surface area contributed by atoms with E-state index in [1.165, 1.54) is 16.1 Å². The number of benzene rings is 2. The molecule has 33 heavy (non-hydrogen) atoms. The Balaban J connectivity index is 1.37. The molecule has 1 saturated heterocycles. The van der Waals surface area contributed by atoms with Gasteiger partial charge in [0.25, 0.3) is 0 Å². The highest BCUT2D eigenvalue weighted by atomic mass is 32.2. The Morgan fingerprint density at radius 1 is 0.970 bits per heavy atom. The molecule has 174 valence electrons. The van der Waals surface area contributed by atoms with Crippen LogP contribution in [0.1, 0.15) is 23.4 Å². The summed E-state index contributed by atoms with van der Waals surface area (Å²) in [6.45, 7) is 5.28. The molecule has 0 bridgehead atoms. The zero-order valence-corrected chi connectivity index (χ0v) is 20.7. The molecule has 0 aliphatic carbocycles. The van der Waals surface area contributed by atoms with Crippen LogP contribution in [0.25, 0.3) is 10.8 Å². The molecule has 9 heteroatoms. The number of piperazine rings is 1. The second-order valence-corrected chi connectivity index (χ2v) is 10.9. The molecular formula is C24H28N4O3S2. The number of hydrogen-bond acceptors (Lipinski definition) is 6. The Kier molecular flexibility index (Phi) is 7.02. The number of carbonyl (C=O) groups is 1. The van der Waals surface area contributed by atoms with Crippen molar-refractivity contribution in [1.82, 2.24) is 19.2 Å². The van der Waals surface area contributed by atoms with E-state index >= 15 is 0 Å². The molecular weight excluding hydrogens is 456 g/mol. The third-order valence-corrected chi connectivity index (χ3v) is 8.56. The second kappa shape index (κ2) is 9.79. The van der Waals surface area contributed by atoms with Gasteiger partial charge >= 0.3 is 0 Å². The van der Waals surface area contributed by atoms with Crippen LogP contribution < -0.4 is 0 Å². The van der Waals surface area contributed by atoms with Gasteiger partial charge in [-0.15, -0.1) is 0 Å². The molecule has 1 aliphatic heterocycles. The number of hydrogen-bond donors (Lipinski definition) is 0. The van der Waals surface area contributed by atoms with Crippen molar-refractivity contribution in [3.8, 4) is 0 Å². The van der Waals surface area contributed by atoms with E-state index in [1.54, 1.807) is 17.0 Å². The quantitative estimate of drug-likeness (QED) is 0.394. The molecule has 0 unspecified atom stereocenters. The second-order valence-electron chi connectivity index (χ2n) is 8.15. The van der Waals surface area contributed by atoms with E-state index in [0.29, 0.717) is 43.9 Å². The predicted octanol–water partition coefficient (Wildman–Crippen LogP) is 3.43. The number of thioether (sulfide) groups is 1. The van der Waals surface area contributed by atoms with Crippen molar-refractivity contribution in [2.75, 3.05) is 32.4 Å². The molecule has 1 aliphatic rings. The van der Waals surface area contributed by atoms with E-state index in [0.717, 1.165) is 32.9 Å². The molecule has 3 aromatic rings. The molecule has 2 aromatic carbocycles. The van der Waals surface area contributed by atoms with Gasteiger partial charge < -0.3 is 4.90 Å². The number of rotatable bonds is 6. The maximum absolute atomic E-state index is 13.2. The smallest absolute Gasteiger partial charge is 0.243 e. The lowest BCUT2D eigenvalue weighted by Gasteiger charge is -2.34. The summed E-state index contributed by atoms with van der Waals surface area (Å²) in [6.07, 6.45) is 2.89. The van der Waals surface area contributed by atoms with Crippen LogP contribution in [0.3, 0.4) is 0 Å². The molecule has 0 saturated carbocycles. The number of nitrogens with zero attached hydrogens (tertiary/aromatic N) is 4. The predicted molar refractivity (Wildman–Crippen MR) is 131 cm³/mol. The normalized spacial score (nSPS) is 15.2. The Morgan fingerprint density at radius 3 is 2.24 bits per heavy atom. The Labute approximate surface area is 199 Å².